The molecule has 0 spiro atoms. The van der Waals surface area contributed by atoms with Gasteiger partial charge < -0.3 is 10.6 Å². The maximum atomic E-state index is 12.5. The molecule has 0 aromatic heterocycles. The lowest BCUT2D eigenvalue weighted by Crippen LogP contribution is -2.34. The van der Waals surface area contributed by atoms with Gasteiger partial charge in [-0.1, -0.05) is 44.2 Å². The molecule has 5 nitrogen and oxygen atoms in total. The molecule has 2 N–H and O–H groups in total. The minimum absolute atomic E-state index is 0. The van der Waals surface area contributed by atoms with E-state index in [2.05, 4.69) is 13.8 Å². The van der Waals surface area contributed by atoms with E-state index in [0.717, 1.165) is 12.0 Å². The summed E-state index contributed by atoms with van der Waals surface area (Å²) in [6.07, 6.45) is 0.726. The van der Waals surface area contributed by atoms with Crippen molar-refractivity contribution in [2.24, 2.45) is 11.7 Å². The van der Waals surface area contributed by atoms with Gasteiger partial charge in [0.1, 0.15) is 0 Å². The van der Waals surface area contributed by atoms with Gasteiger partial charge in [-0.05, 0) is 42.2 Å². The molecule has 154 valence electrons. The number of sulfone groups is 1. The lowest BCUT2D eigenvalue weighted by molar-refractivity contribution is 0.0789. The van der Waals surface area contributed by atoms with Crippen molar-refractivity contribution in [2.45, 2.75) is 37.0 Å². The van der Waals surface area contributed by atoms with Crippen molar-refractivity contribution in [1.82, 2.24) is 4.90 Å². The van der Waals surface area contributed by atoms with Crippen LogP contribution in [0.15, 0.2) is 59.5 Å². The number of hydrogen-bond donors (Lipinski definition) is 1. The van der Waals surface area contributed by atoms with E-state index in [9.17, 15) is 13.2 Å². The van der Waals surface area contributed by atoms with Crippen LogP contribution in [0, 0.1) is 5.92 Å². The Morgan fingerprint density at radius 2 is 1.61 bits per heavy atom. The standard InChI is InChI=1S/C21H28N2O3S.ClH/c1-16(2)20(22)13-14-23(3)21(24)18-9-11-19(12-10-18)27(25,26)15-17-7-5-4-6-8-17;/h4-12,16,20H,13-15,22H2,1-3H3;1H. The summed E-state index contributed by atoms with van der Waals surface area (Å²) in [5.74, 6) is 0.161. The van der Waals surface area contributed by atoms with Crippen LogP contribution in [-0.2, 0) is 15.6 Å². The first-order valence-corrected chi connectivity index (χ1v) is 10.7. The van der Waals surface area contributed by atoms with Gasteiger partial charge in [0.2, 0.25) is 0 Å². The number of nitrogens with two attached hydrogens (primary N) is 1. The summed E-state index contributed by atoms with van der Waals surface area (Å²) in [7, 11) is -1.72. The lowest BCUT2D eigenvalue weighted by atomic mass is 10.0. The van der Waals surface area contributed by atoms with Gasteiger partial charge in [-0.15, -0.1) is 12.4 Å². The molecule has 0 heterocycles. The number of benzene rings is 2. The maximum Gasteiger partial charge on any atom is 0.253 e. The van der Waals surface area contributed by atoms with E-state index in [1.807, 2.05) is 18.2 Å². The van der Waals surface area contributed by atoms with E-state index >= 15 is 0 Å². The van der Waals surface area contributed by atoms with Crippen molar-refractivity contribution in [3.8, 4) is 0 Å². The van der Waals surface area contributed by atoms with E-state index in [-0.39, 0.29) is 35.0 Å². The summed E-state index contributed by atoms with van der Waals surface area (Å²) >= 11 is 0. The van der Waals surface area contributed by atoms with E-state index in [1.54, 1.807) is 36.2 Å². The fourth-order valence-electron chi connectivity index (χ4n) is 2.68. The zero-order valence-electron chi connectivity index (χ0n) is 16.5. The topological polar surface area (TPSA) is 80.5 Å². The molecule has 2 rings (SSSR count). The Hall–Kier alpha value is -1.89. The first kappa shape index (κ1) is 24.1. The molecule has 2 aromatic carbocycles. The van der Waals surface area contributed by atoms with Gasteiger partial charge in [0.05, 0.1) is 10.6 Å². The minimum atomic E-state index is -3.45. The van der Waals surface area contributed by atoms with Crippen molar-refractivity contribution >= 4 is 28.2 Å². The van der Waals surface area contributed by atoms with Gasteiger partial charge in [0, 0.05) is 25.2 Å². The summed E-state index contributed by atoms with van der Waals surface area (Å²) in [6.45, 7) is 4.68. The predicted molar refractivity (Wildman–Crippen MR) is 115 cm³/mol. The predicted octanol–water partition coefficient (Wildman–Crippen LogP) is 3.53. The highest BCUT2D eigenvalue weighted by atomic mass is 35.5. The van der Waals surface area contributed by atoms with Gasteiger partial charge in [-0.2, -0.15) is 0 Å². The van der Waals surface area contributed by atoms with Crippen molar-refractivity contribution in [1.29, 1.82) is 0 Å². The highest BCUT2D eigenvalue weighted by Gasteiger charge is 2.18. The Labute approximate surface area is 174 Å². The van der Waals surface area contributed by atoms with Crippen LogP contribution in [0.2, 0.25) is 0 Å². The highest BCUT2D eigenvalue weighted by Crippen LogP contribution is 2.18. The summed E-state index contributed by atoms with van der Waals surface area (Å²) in [4.78, 5) is 14.4. The van der Waals surface area contributed by atoms with Gasteiger partial charge in [-0.25, -0.2) is 8.42 Å². The number of carbonyl (C=O) groups is 1. The third kappa shape index (κ3) is 6.62. The SMILES string of the molecule is CC(C)C(N)CCN(C)C(=O)c1ccc(S(=O)(=O)Cc2ccccc2)cc1.Cl. The normalized spacial score (nSPS) is 12.3. The van der Waals surface area contributed by atoms with Crippen molar-refractivity contribution in [2.75, 3.05) is 13.6 Å². The molecule has 0 aliphatic rings. The van der Waals surface area contributed by atoms with E-state index in [1.165, 1.54) is 12.1 Å². The summed E-state index contributed by atoms with van der Waals surface area (Å²) in [5.41, 5.74) is 7.23. The zero-order chi connectivity index (χ0) is 20.0. The lowest BCUT2D eigenvalue weighted by Gasteiger charge is -2.21. The van der Waals surface area contributed by atoms with Crippen LogP contribution >= 0.6 is 12.4 Å². The summed E-state index contributed by atoms with van der Waals surface area (Å²) in [6, 6.07) is 15.2. The number of carbonyl (C=O) groups excluding carboxylic acids is 1. The van der Waals surface area contributed by atoms with Crippen LogP contribution < -0.4 is 5.73 Å². The molecule has 0 radical (unpaired) electrons. The van der Waals surface area contributed by atoms with Crippen molar-refractivity contribution in [3.63, 3.8) is 0 Å². The van der Waals surface area contributed by atoms with Crippen molar-refractivity contribution in [3.05, 3.63) is 65.7 Å². The molecular formula is C21H29ClN2O3S. The van der Waals surface area contributed by atoms with E-state index in [0.29, 0.717) is 18.0 Å². The monoisotopic (exact) mass is 424 g/mol. The van der Waals surface area contributed by atoms with Gasteiger partial charge in [0.25, 0.3) is 5.91 Å². The van der Waals surface area contributed by atoms with Crippen LogP contribution in [0.1, 0.15) is 36.2 Å². The second-order valence-electron chi connectivity index (χ2n) is 7.19. The molecule has 7 heteroatoms. The number of amides is 1. The Kier molecular flexibility index (Phi) is 9.14. The zero-order valence-corrected chi connectivity index (χ0v) is 18.2. The summed E-state index contributed by atoms with van der Waals surface area (Å²) in [5, 5.41) is 0. The average Bonchev–Trinajstić information content (AvgIpc) is 2.65. The Morgan fingerprint density at radius 1 is 1.04 bits per heavy atom. The fourth-order valence-corrected chi connectivity index (χ4v) is 4.03. The average molecular weight is 425 g/mol. The first-order chi connectivity index (χ1) is 12.7. The molecule has 2 aromatic rings. The van der Waals surface area contributed by atoms with E-state index in [4.69, 9.17) is 5.73 Å². The summed E-state index contributed by atoms with van der Waals surface area (Å²) < 4.78 is 25.1. The smallest absolute Gasteiger partial charge is 0.253 e. The quantitative estimate of drug-likeness (QED) is 0.702. The molecule has 28 heavy (non-hydrogen) atoms. The van der Waals surface area contributed by atoms with Gasteiger partial charge in [0.15, 0.2) is 9.84 Å². The number of rotatable bonds is 8. The third-order valence-corrected chi connectivity index (χ3v) is 6.36. The van der Waals surface area contributed by atoms with Crippen LogP contribution in [0.25, 0.3) is 0 Å². The Bertz CT molecular complexity index is 853. The van der Waals surface area contributed by atoms with E-state index < -0.39 is 9.84 Å². The molecule has 1 amide bonds. The van der Waals surface area contributed by atoms with Crippen molar-refractivity contribution < 1.29 is 13.2 Å². The first-order valence-electron chi connectivity index (χ1n) is 9.08. The van der Waals surface area contributed by atoms with Gasteiger partial charge in [-0.3, -0.25) is 4.79 Å². The second-order valence-corrected chi connectivity index (χ2v) is 9.18. The number of hydrogen-bond acceptors (Lipinski definition) is 4. The maximum absolute atomic E-state index is 12.5. The molecular weight excluding hydrogens is 396 g/mol. The molecule has 1 atom stereocenters. The number of halogens is 1. The molecule has 0 fully saturated rings. The van der Waals surface area contributed by atoms with Gasteiger partial charge >= 0.3 is 0 Å². The fraction of sp³-hybridized carbons (Fsp3) is 0.381. The minimum Gasteiger partial charge on any atom is -0.342 e. The van der Waals surface area contributed by atoms with Crippen LogP contribution in [0.5, 0.6) is 0 Å². The molecule has 0 saturated carbocycles. The molecule has 0 aliphatic heterocycles. The largest absolute Gasteiger partial charge is 0.342 e. The number of nitrogens with zero attached hydrogens (tertiary/aromatic N) is 1. The molecule has 1 unspecified atom stereocenters. The van der Waals surface area contributed by atoms with Crippen LogP contribution in [0.3, 0.4) is 0 Å². The van der Waals surface area contributed by atoms with Crippen LogP contribution in [-0.4, -0.2) is 38.9 Å². The Morgan fingerprint density at radius 3 is 2.14 bits per heavy atom. The Balaban J connectivity index is 0.00000392. The molecule has 0 bridgehead atoms. The third-order valence-electron chi connectivity index (χ3n) is 4.66. The molecule has 0 aliphatic carbocycles. The van der Waals surface area contributed by atoms with Crippen LogP contribution in [0.4, 0.5) is 0 Å². The highest BCUT2D eigenvalue weighted by molar-refractivity contribution is 7.90. The second kappa shape index (κ2) is 10.6. The molecule has 0 saturated heterocycles.